The lowest BCUT2D eigenvalue weighted by molar-refractivity contribution is 0.0991. The number of carbonyl (C=O) groups is 1. The van der Waals surface area contributed by atoms with Crippen molar-refractivity contribution in [1.82, 2.24) is 0 Å². The molecule has 1 heterocycles. The fraction of sp³-hybridized carbons (Fsp3) is 0.154. The van der Waals surface area contributed by atoms with E-state index < -0.39 is 0 Å². The zero-order valence-electron chi connectivity index (χ0n) is 8.41. The third-order valence-corrected chi connectivity index (χ3v) is 2.87. The van der Waals surface area contributed by atoms with Crippen molar-refractivity contribution in [2.45, 2.75) is 13.3 Å². The fourth-order valence-corrected chi connectivity index (χ4v) is 2.15. The van der Waals surface area contributed by atoms with E-state index >= 15 is 0 Å². The second-order valence-electron chi connectivity index (χ2n) is 3.88. The molecule has 1 aliphatic carbocycles. The summed E-state index contributed by atoms with van der Waals surface area (Å²) in [6, 6.07) is 7.90. The summed E-state index contributed by atoms with van der Waals surface area (Å²) < 4.78 is 5.46. The van der Waals surface area contributed by atoms with E-state index in [1.54, 1.807) is 6.26 Å². The molecule has 15 heavy (non-hydrogen) atoms. The first-order chi connectivity index (χ1) is 7.27. The molecule has 0 bridgehead atoms. The highest BCUT2D eigenvalue weighted by molar-refractivity contribution is 6.07. The second-order valence-corrected chi connectivity index (χ2v) is 3.88. The summed E-state index contributed by atoms with van der Waals surface area (Å²) in [5, 5.41) is 0. The summed E-state index contributed by atoms with van der Waals surface area (Å²) >= 11 is 0. The molecule has 0 N–H and O–H groups in total. The van der Waals surface area contributed by atoms with Gasteiger partial charge in [0.2, 0.25) is 0 Å². The van der Waals surface area contributed by atoms with Crippen LogP contribution in [0.15, 0.2) is 34.9 Å². The van der Waals surface area contributed by atoms with Crippen molar-refractivity contribution in [3.8, 4) is 11.3 Å². The number of ketones is 1. The number of rotatable bonds is 0. The van der Waals surface area contributed by atoms with E-state index in [0.29, 0.717) is 6.42 Å². The van der Waals surface area contributed by atoms with Crippen molar-refractivity contribution in [3.05, 3.63) is 47.2 Å². The lowest BCUT2D eigenvalue weighted by Gasteiger charge is -2.13. The van der Waals surface area contributed by atoms with Crippen molar-refractivity contribution in [1.29, 1.82) is 0 Å². The summed E-state index contributed by atoms with van der Waals surface area (Å²) in [6.07, 6.45) is 2.15. The van der Waals surface area contributed by atoms with Crippen LogP contribution >= 0.6 is 0 Å². The van der Waals surface area contributed by atoms with Crippen molar-refractivity contribution < 1.29 is 9.21 Å². The molecule has 0 amide bonds. The summed E-state index contributed by atoms with van der Waals surface area (Å²) in [5.41, 5.74) is 3.81. The quantitative estimate of drug-likeness (QED) is 0.651. The molecule has 1 aromatic heterocycles. The number of aryl methyl sites for hydroxylation is 1. The molecule has 2 aromatic rings. The van der Waals surface area contributed by atoms with Crippen LogP contribution < -0.4 is 0 Å². The van der Waals surface area contributed by atoms with Gasteiger partial charge in [0.1, 0.15) is 5.76 Å². The zero-order valence-corrected chi connectivity index (χ0v) is 8.41. The molecular formula is C13H10O2. The van der Waals surface area contributed by atoms with Crippen LogP contribution in [-0.4, -0.2) is 5.78 Å². The van der Waals surface area contributed by atoms with Crippen LogP contribution in [0.2, 0.25) is 0 Å². The SMILES string of the molecule is Cc1coc2c1C(=O)Cc1ccccc1-2. The monoisotopic (exact) mass is 198 g/mol. The molecule has 2 nitrogen and oxygen atoms in total. The average Bonchev–Trinajstić information content (AvgIpc) is 2.62. The van der Waals surface area contributed by atoms with E-state index in [4.69, 9.17) is 4.42 Å². The number of hydrogen-bond acceptors (Lipinski definition) is 2. The zero-order chi connectivity index (χ0) is 10.4. The van der Waals surface area contributed by atoms with Crippen LogP contribution in [0.1, 0.15) is 21.5 Å². The summed E-state index contributed by atoms with van der Waals surface area (Å²) in [5.74, 6) is 0.898. The van der Waals surface area contributed by atoms with E-state index in [2.05, 4.69) is 0 Å². The van der Waals surface area contributed by atoms with Crippen molar-refractivity contribution >= 4 is 5.78 Å². The maximum absolute atomic E-state index is 11.9. The van der Waals surface area contributed by atoms with Gasteiger partial charge in [-0.3, -0.25) is 4.79 Å². The van der Waals surface area contributed by atoms with Gasteiger partial charge in [-0.05, 0) is 18.1 Å². The van der Waals surface area contributed by atoms with Crippen molar-refractivity contribution in [2.24, 2.45) is 0 Å². The highest BCUT2D eigenvalue weighted by Crippen LogP contribution is 2.35. The Morgan fingerprint density at radius 3 is 2.93 bits per heavy atom. The molecule has 0 radical (unpaired) electrons. The first kappa shape index (κ1) is 8.48. The Kier molecular flexibility index (Phi) is 1.60. The molecule has 2 heteroatoms. The van der Waals surface area contributed by atoms with Gasteiger partial charge in [-0.1, -0.05) is 24.3 Å². The molecule has 1 aliphatic rings. The van der Waals surface area contributed by atoms with Crippen LogP contribution in [0.5, 0.6) is 0 Å². The van der Waals surface area contributed by atoms with E-state index in [9.17, 15) is 4.79 Å². The van der Waals surface area contributed by atoms with Gasteiger partial charge < -0.3 is 4.42 Å². The van der Waals surface area contributed by atoms with Gasteiger partial charge in [0.25, 0.3) is 0 Å². The first-order valence-electron chi connectivity index (χ1n) is 4.97. The topological polar surface area (TPSA) is 30.2 Å². The second kappa shape index (κ2) is 2.83. The van der Waals surface area contributed by atoms with E-state index in [1.165, 1.54) is 0 Å². The molecular weight excluding hydrogens is 188 g/mol. The first-order valence-corrected chi connectivity index (χ1v) is 4.97. The molecule has 3 rings (SSSR count). The van der Waals surface area contributed by atoms with Crippen LogP contribution in [0.4, 0.5) is 0 Å². The number of furan rings is 1. The van der Waals surface area contributed by atoms with Crippen LogP contribution in [0, 0.1) is 6.92 Å². The summed E-state index contributed by atoms with van der Waals surface area (Å²) in [4.78, 5) is 11.9. The highest BCUT2D eigenvalue weighted by Gasteiger charge is 2.26. The van der Waals surface area contributed by atoms with E-state index in [1.807, 2.05) is 31.2 Å². The average molecular weight is 198 g/mol. The Hall–Kier alpha value is -1.83. The largest absolute Gasteiger partial charge is 0.463 e. The van der Waals surface area contributed by atoms with Gasteiger partial charge in [-0.25, -0.2) is 0 Å². The Labute approximate surface area is 87.5 Å². The number of fused-ring (bicyclic) bond motifs is 3. The van der Waals surface area contributed by atoms with Gasteiger partial charge in [-0.2, -0.15) is 0 Å². The maximum Gasteiger partial charge on any atom is 0.171 e. The Bertz CT molecular complexity index is 549. The third kappa shape index (κ3) is 1.08. The molecule has 0 unspecified atom stereocenters. The molecule has 74 valence electrons. The van der Waals surface area contributed by atoms with Gasteiger partial charge in [0.15, 0.2) is 5.78 Å². The smallest absolute Gasteiger partial charge is 0.171 e. The van der Waals surface area contributed by atoms with Crippen molar-refractivity contribution in [2.75, 3.05) is 0 Å². The molecule has 0 spiro atoms. The lowest BCUT2D eigenvalue weighted by atomic mass is 9.88. The molecule has 0 atom stereocenters. The number of Topliss-reactive ketones (excluding diaryl/α,β-unsaturated/α-hetero) is 1. The number of carbonyl (C=O) groups excluding carboxylic acids is 1. The van der Waals surface area contributed by atoms with Crippen LogP contribution in [0.3, 0.4) is 0 Å². The minimum Gasteiger partial charge on any atom is -0.463 e. The lowest BCUT2D eigenvalue weighted by Crippen LogP contribution is -2.11. The molecule has 0 fully saturated rings. The predicted octanol–water partition coefficient (Wildman–Crippen LogP) is 2.99. The minimum absolute atomic E-state index is 0.162. The van der Waals surface area contributed by atoms with Crippen LogP contribution in [0.25, 0.3) is 11.3 Å². The van der Waals surface area contributed by atoms with Crippen LogP contribution in [-0.2, 0) is 6.42 Å². The maximum atomic E-state index is 11.9. The predicted molar refractivity (Wildman–Crippen MR) is 56.9 cm³/mol. The normalized spacial score (nSPS) is 13.5. The van der Waals surface area contributed by atoms with Gasteiger partial charge >= 0.3 is 0 Å². The molecule has 1 aromatic carbocycles. The standard InChI is InChI=1S/C13H10O2/c1-8-7-15-13-10-5-3-2-4-9(10)6-11(14)12(8)13/h2-5,7H,6H2,1H3. The van der Waals surface area contributed by atoms with E-state index in [-0.39, 0.29) is 5.78 Å². The molecule has 0 saturated heterocycles. The summed E-state index contributed by atoms with van der Waals surface area (Å²) in [6.45, 7) is 1.91. The Balaban J connectivity index is 2.35. The molecule has 0 aliphatic heterocycles. The Morgan fingerprint density at radius 1 is 1.27 bits per heavy atom. The number of hydrogen-bond donors (Lipinski definition) is 0. The highest BCUT2D eigenvalue weighted by atomic mass is 16.3. The third-order valence-electron chi connectivity index (χ3n) is 2.87. The van der Waals surface area contributed by atoms with Gasteiger partial charge in [-0.15, -0.1) is 0 Å². The van der Waals surface area contributed by atoms with E-state index in [0.717, 1.165) is 28.0 Å². The Morgan fingerprint density at radius 2 is 2.07 bits per heavy atom. The summed E-state index contributed by atoms with van der Waals surface area (Å²) in [7, 11) is 0. The minimum atomic E-state index is 0.162. The molecule has 0 saturated carbocycles. The van der Waals surface area contributed by atoms with Gasteiger partial charge in [0.05, 0.1) is 11.8 Å². The van der Waals surface area contributed by atoms with Gasteiger partial charge in [0, 0.05) is 12.0 Å². The number of benzene rings is 1. The van der Waals surface area contributed by atoms with Crippen molar-refractivity contribution in [3.63, 3.8) is 0 Å². The fourth-order valence-electron chi connectivity index (χ4n) is 2.15.